The molecule has 5 heteroatoms. The van der Waals surface area contributed by atoms with Gasteiger partial charge in [0.1, 0.15) is 12.1 Å². The van der Waals surface area contributed by atoms with E-state index in [0.29, 0.717) is 15.8 Å². The van der Waals surface area contributed by atoms with Crippen LogP contribution in [0.4, 0.5) is 4.39 Å². The molecular formula is C12H13FN2OS. The quantitative estimate of drug-likeness (QED) is 0.790. The average molecular weight is 252 g/mol. The Hall–Kier alpha value is -1.36. The highest BCUT2D eigenvalue weighted by Crippen LogP contribution is 2.36. The van der Waals surface area contributed by atoms with Crippen molar-refractivity contribution >= 4 is 22.7 Å². The first-order valence-electron chi connectivity index (χ1n) is 5.19. The van der Waals surface area contributed by atoms with E-state index in [-0.39, 0.29) is 16.4 Å². The summed E-state index contributed by atoms with van der Waals surface area (Å²) in [5.74, 6) is -0.443. The summed E-state index contributed by atoms with van der Waals surface area (Å²) in [5.41, 5.74) is 0.410. The molecule has 0 amide bonds. The van der Waals surface area contributed by atoms with Crippen LogP contribution in [0.15, 0.2) is 23.4 Å². The van der Waals surface area contributed by atoms with Crippen molar-refractivity contribution in [1.29, 1.82) is 0 Å². The molecule has 0 saturated heterocycles. The summed E-state index contributed by atoms with van der Waals surface area (Å²) in [5, 5.41) is 10.1. The van der Waals surface area contributed by atoms with Gasteiger partial charge in [-0.1, -0.05) is 20.8 Å². The summed E-state index contributed by atoms with van der Waals surface area (Å²) in [7, 11) is 0. The molecule has 0 unspecified atom stereocenters. The van der Waals surface area contributed by atoms with Crippen LogP contribution in [-0.2, 0) is 0 Å². The fourth-order valence-electron chi connectivity index (χ4n) is 1.45. The van der Waals surface area contributed by atoms with Crippen LogP contribution in [0.5, 0.6) is 5.88 Å². The maximum atomic E-state index is 13.8. The predicted octanol–water partition coefficient (Wildman–Crippen LogP) is 3.37. The number of nitrogens with zero attached hydrogens (tertiary/aromatic N) is 2. The van der Waals surface area contributed by atoms with Crippen molar-refractivity contribution in [1.82, 2.24) is 9.97 Å². The third kappa shape index (κ3) is 2.66. The van der Waals surface area contributed by atoms with E-state index in [1.807, 2.05) is 20.8 Å². The topological polar surface area (TPSA) is 46.0 Å². The van der Waals surface area contributed by atoms with E-state index in [4.69, 9.17) is 0 Å². The Morgan fingerprint density at radius 2 is 1.94 bits per heavy atom. The van der Waals surface area contributed by atoms with Crippen molar-refractivity contribution in [2.45, 2.75) is 30.4 Å². The Morgan fingerprint density at radius 3 is 2.59 bits per heavy atom. The molecule has 1 aromatic carbocycles. The molecule has 0 saturated carbocycles. The van der Waals surface area contributed by atoms with Gasteiger partial charge in [-0.15, -0.1) is 11.8 Å². The molecule has 0 aliphatic rings. The summed E-state index contributed by atoms with van der Waals surface area (Å²) in [6.45, 7) is 6.01. The number of hydrogen-bond acceptors (Lipinski definition) is 4. The largest absolute Gasteiger partial charge is 0.493 e. The summed E-state index contributed by atoms with van der Waals surface area (Å²) in [6.07, 6.45) is 1.22. The molecule has 0 aliphatic heterocycles. The fourth-order valence-corrected chi connectivity index (χ4v) is 2.45. The van der Waals surface area contributed by atoms with Gasteiger partial charge in [-0.05, 0) is 6.07 Å². The van der Waals surface area contributed by atoms with Gasteiger partial charge in [-0.2, -0.15) is 0 Å². The maximum Gasteiger partial charge on any atom is 0.221 e. The van der Waals surface area contributed by atoms with E-state index >= 15 is 0 Å². The highest BCUT2D eigenvalue weighted by molar-refractivity contribution is 8.00. The number of rotatable bonds is 1. The summed E-state index contributed by atoms with van der Waals surface area (Å²) < 4.78 is 13.7. The van der Waals surface area contributed by atoms with E-state index in [0.717, 1.165) is 0 Å². The molecule has 2 rings (SSSR count). The van der Waals surface area contributed by atoms with Crippen LogP contribution >= 0.6 is 11.8 Å². The van der Waals surface area contributed by atoms with Gasteiger partial charge in [0.05, 0.1) is 10.9 Å². The zero-order valence-electron chi connectivity index (χ0n) is 9.86. The standard InChI is InChI=1S/C12H13FN2OS/c1-12(2,3)17-10-4-7-9(5-8(10)13)14-6-15-11(7)16/h4-6H,1-3H3,(H,14,15,16). The molecule has 0 radical (unpaired) electrons. The number of halogens is 1. The van der Waals surface area contributed by atoms with Gasteiger partial charge >= 0.3 is 0 Å². The molecule has 90 valence electrons. The lowest BCUT2D eigenvalue weighted by Gasteiger charge is -2.18. The molecule has 1 aromatic heterocycles. The number of fused-ring (bicyclic) bond motifs is 1. The summed E-state index contributed by atoms with van der Waals surface area (Å²) in [6, 6.07) is 2.92. The van der Waals surface area contributed by atoms with Gasteiger partial charge in [-0.3, -0.25) is 0 Å². The molecule has 0 aliphatic carbocycles. The molecule has 0 fully saturated rings. The van der Waals surface area contributed by atoms with Crippen molar-refractivity contribution in [2.24, 2.45) is 0 Å². The first-order chi connectivity index (χ1) is 7.87. The van der Waals surface area contributed by atoms with Gasteiger partial charge in [0.2, 0.25) is 5.88 Å². The lowest BCUT2D eigenvalue weighted by molar-refractivity contribution is 0.459. The molecule has 3 nitrogen and oxygen atoms in total. The van der Waals surface area contributed by atoms with E-state index in [1.165, 1.54) is 24.2 Å². The summed E-state index contributed by atoms with van der Waals surface area (Å²) >= 11 is 1.41. The lowest BCUT2D eigenvalue weighted by Crippen LogP contribution is -2.07. The number of aromatic nitrogens is 2. The van der Waals surface area contributed by atoms with Crippen molar-refractivity contribution in [3.8, 4) is 5.88 Å². The Kier molecular flexibility index (Phi) is 2.95. The van der Waals surface area contributed by atoms with E-state index in [1.54, 1.807) is 6.07 Å². The van der Waals surface area contributed by atoms with E-state index in [2.05, 4.69) is 9.97 Å². The van der Waals surface area contributed by atoms with E-state index in [9.17, 15) is 9.50 Å². The number of benzene rings is 1. The van der Waals surface area contributed by atoms with Gasteiger partial charge in [0, 0.05) is 15.7 Å². The smallest absolute Gasteiger partial charge is 0.221 e. The lowest BCUT2D eigenvalue weighted by atomic mass is 10.2. The first kappa shape index (κ1) is 12.1. The molecule has 0 bridgehead atoms. The van der Waals surface area contributed by atoms with Crippen LogP contribution in [0, 0.1) is 5.82 Å². The van der Waals surface area contributed by atoms with Crippen LogP contribution in [0.1, 0.15) is 20.8 Å². The minimum absolute atomic E-state index is 0.0974. The van der Waals surface area contributed by atoms with Crippen LogP contribution in [0.3, 0.4) is 0 Å². The normalized spacial score (nSPS) is 12.0. The van der Waals surface area contributed by atoms with Crippen LogP contribution in [0.2, 0.25) is 0 Å². The molecule has 1 N–H and O–H groups in total. The molecule has 0 spiro atoms. The Bertz CT molecular complexity index is 566. The minimum atomic E-state index is -0.324. The number of aromatic hydroxyl groups is 1. The van der Waals surface area contributed by atoms with Crippen molar-refractivity contribution in [3.63, 3.8) is 0 Å². The van der Waals surface area contributed by atoms with Crippen molar-refractivity contribution < 1.29 is 9.50 Å². The second-order valence-corrected chi connectivity index (χ2v) is 6.58. The fraction of sp³-hybridized carbons (Fsp3) is 0.333. The highest BCUT2D eigenvalue weighted by Gasteiger charge is 2.17. The molecule has 1 heterocycles. The van der Waals surface area contributed by atoms with Gasteiger partial charge in [0.25, 0.3) is 0 Å². The SMILES string of the molecule is CC(C)(C)Sc1cc2c(O)ncnc2cc1F. The van der Waals surface area contributed by atoms with E-state index < -0.39 is 0 Å². The van der Waals surface area contributed by atoms with Crippen LogP contribution in [0.25, 0.3) is 10.9 Å². The maximum absolute atomic E-state index is 13.8. The second kappa shape index (κ2) is 4.14. The van der Waals surface area contributed by atoms with Crippen molar-refractivity contribution in [2.75, 3.05) is 0 Å². The predicted molar refractivity (Wildman–Crippen MR) is 66.8 cm³/mol. The summed E-state index contributed by atoms with van der Waals surface area (Å²) in [4.78, 5) is 8.10. The number of hydrogen-bond donors (Lipinski definition) is 1. The molecular weight excluding hydrogens is 239 g/mol. The second-order valence-electron chi connectivity index (χ2n) is 4.71. The Labute approximate surface area is 103 Å². The Balaban J connectivity index is 2.58. The Morgan fingerprint density at radius 1 is 1.24 bits per heavy atom. The number of thioether (sulfide) groups is 1. The molecule has 2 aromatic rings. The average Bonchev–Trinajstić information content (AvgIpc) is 2.18. The first-order valence-corrected chi connectivity index (χ1v) is 6.01. The zero-order chi connectivity index (χ0) is 12.6. The van der Waals surface area contributed by atoms with Gasteiger partial charge < -0.3 is 5.11 Å². The third-order valence-electron chi connectivity index (χ3n) is 2.08. The van der Waals surface area contributed by atoms with Crippen LogP contribution in [-0.4, -0.2) is 19.8 Å². The minimum Gasteiger partial charge on any atom is -0.493 e. The van der Waals surface area contributed by atoms with Gasteiger partial charge in [-0.25, -0.2) is 14.4 Å². The highest BCUT2D eigenvalue weighted by atomic mass is 32.2. The van der Waals surface area contributed by atoms with Gasteiger partial charge in [0.15, 0.2) is 0 Å². The molecule has 17 heavy (non-hydrogen) atoms. The van der Waals surface area contributed by atoms with Crippen LogP contribution < -0.4 is 0 Å². The van der Waals surface area contributed by atoms with Crippen molar-refractivity contribution in [3.05, 3.63) is 24.3 Å². The zero-order valence-corrected chi connectivity index (χ0v) is 10.7. The monoisotopic (exact) mass is 252 g/mol. The third-order valence-corrected chi connectivity index (χ3v) is 3.23. The molecule has 0 atom stereocenters.